The van der Waals surface area contributed by atoms with E-state index in [0.717, 1.165) is 5.76 Å². The summed E-state index contributed by atoms with van der Waals surface area (Å²) in [6.07, 6.45) is 0. The van der Waals surface area contributed by atoms with Crippen molar-refractivity contribution in [2.45, 2.75) is 26.8 Å². The van der Waals surface area contributed by atoms with Crippen LogP contribution in [-0.4, -0.2) is 35.2 Å². The standard InChI is InChI=1S/C20H25N5O5/c1-11(2)16(15-10-9-12(3)29-15)22-18-19(25(28)30-23-18)21-14-8-6-7-13(17(14)26)20(27)24(4)5/h6-11,16,21,26H,1-5H3,(H,22,23)/t16-/m1/s1. The molecule has 0 aliphatic rings. The molecule has 0 bridgehead atoms. The number of benzene rings is 1. The van der Waals surface area contributed by atoms with Crippen LogP contribution in [-0.2, 0) is 0 Å². The van der Waals surface area contributed by atoms with Gasteiger partial charge in [-0.25, -0.2) is 0 Å². The summed E-state index contributed by atoms with van der Waals surface area (Å²) in [6, 6.07) is 8.06. The molecule has 3 N–H and O–H groups in total. The van der Waals surface area contributed by atoms with E-state index in [1.54, 1.807) is 20.2 Å². The van der Waals surface area contributed by atoms with Gasteiger partial charge < -0.3 is 29.6 Å². The summed E-state index contributed by atoms with van der Waals surface area (Å²) in [6.45, 7) is 5.84. The molecule has 0 aliphatic heterocycles. The average Bonchev–Trinajstić information content (AvgIpc) is 3.26. The lowest BCUT2D eigenvalue weighted by Gasteiger charge is -2.19. The number of aromatic hydroxyl groups is 1. The number of carbonyl (C=O) groups excluding carboxylic acids is 1. The van der Waals surface area contributed by atoms with Crippen molar-refractivity contribution in [3.05, 3.63) is 52.6 Å². The van der Waals surface area contributed by atoms with Crippen LogP contribution in [0.4, 0.5) is 17.3 Å². The Kier molecular flexibility index (Phi) is 5.86. The largest absolute Gasteiger partial charge is 0.504 e. The highest BCUT2D eigenvalue weighted by Crippen LogP contribution is 2.34. The summed E-state index contributed by atoms with van der Waals surface area (Å²) in [4.78, 5) is 13.8. The molecule has 0 radical (unpaired) electrons. The van der Waals surface area contributed by atoms with Crippen molar-refractivity contribution >= 4 is 23.2 Å². The highest BCUT2D eigenvalue weighted by Gasteiger charge is 2.27. The van der Waals surface area contributed by atoms with Gasteiger partial charge >= 0.3 is 5.82 Å². The van der Waals surface area contributed by atoms with Gasteiger partial charge in [0.15, 0.2) is 5.75 Å². The summed E-state index contributed by atoms with van der Waals surface area (Å²) in [5.41, 5.74) is 0.257. The number of phenols is 1. The predicted molar refractivity (Wildman–Crippen MR) is 110 cm³/mol. The molecule has 3 rings (SSSR count). The molecule has 0 saturated heterocycles. The summed E-state index contributed by atoms with van der Waals surface area (Å²) in [5.74, 6) is 0.982. The number of aromatic nitrogens is 2. The van der Waals surface area contributed by atoms with Crippen molar-refractivity contribution in [3.63, 3.8) is 0 Å². The minimum absolute atomic E-state index is 0.0614. The van der Waals surface area contributed by atoms with Crippen molar-refractivity contribution in [1.82, 2.24) is 10.1 Å². The highest BCUT2D eigenvalue weighted by atomic mass is 16.8. The number of hydrogen-bond acceptors (Lipinski definition) is 8. The second kappa shape index (κ2) is 8.36. The third-order valence-electron chi connectivity index (χ3n) is 4.57. The molecule has 0 fully saturated rings. The first-order valence-electron chi connectivity index (χ1n) is 9.42. The molecular weight excluding hydrogens is 390 g/mol. The number of hydrogen-bond donors (Lipinski definition) is 3. The predicted octanol–water partition coefficient (Wildman–Crippen LogP) is 3.17. The SMILES string of the molecule is Cc1ccc([C@H](Nc2no[n+]([O-])c2Nc2cccc(C(=O)N(C)C)c2O)C(C)C)o1. The van der Waals surface area contributed by atoms with Crippen molar-refractivity contribution in [1.29, 1.82) is 0 Å². The van der Waals surface area contributed by atoms with E-state index >= 15 is 0 Å². The molecule has 0 unspecified atom stereocenters. The lowest BCUT2D eigenvalue weighted by atomic mass is 10.0. The first-order chi connectivity index (χ1) is 14.2. The minimum atomic E-state index is -0.372. The molecule has 2 heterocycles. The summed E-state index contributed by atoms with van der Waals surface area (Å²) < 4.78 is 10.5. The number of furan rings is 1. The van der Waals surface area contributed by atoms with Crippen molar-refractivity contribution < 1.29 is 23.9 Å². The van der Waals surface area contributed by atoms with E-state index < -0.39 is 0 Å². The molecule has 10 heteroatoms. The van der Waals surface area contributed by atoms with Crippen LogP contribution in [0.1, 0.15) is 41.8 Å². The molecule has 10 nitrogen and oxygen atoms in total. The van der Waals surface area contributed by atoms with Crippen LogP contribution in [0, 0.1) is 18.0 Å². The van der Waals surface area contributed by atoms with Crippen LogP contribution < -0.4 is 15.5 Å². The van der Waals surface area contributed by atoms with Crippen molar-refractivity contribution in [2.24, 2.45) is 5.92 Å². The van der Waals surface area contributed by atoms with E-state index in [0.29, 0.717) is 5.76 Å². The Balaban J connectivity index is 1.92. The van der Waals surface area contributed by atoms with Crippen molar-refractivity contribution in [3.8, 4) is 5.75 Å². The van der Waals surface area contributed by atoms with Gasteiger partial charge in [-0.3, -0.25) is 10.1 Å². The van der Waals surface area contributed by atoms with Crippen LogP contribution in [0.25, 0.3) is 0 Å². The zero-order valence-electron chi connectivity index (χ0n) is 17.5. The minimum Gasteiger partial charge on any atom is -0.504 e. The number of para-hydroxylation sites is 1. The van der Waals surface area contributed by atoms with Crippen LogP contribution in [0.2, 0.25) is 0 Å². The Bertz CT molecular complexity index is 1040. The van der Waals surface area contributed by atoms with Gasteiger partial charge in [0.2, 0.25) is 0 Å². The highest BCUT2D eigenvalue weighted by molar-refractivity contribution is 5.98. The zero-order valence-corrected chi connectivity index (χ0v) is 17.5. The van der Waals surface area contributed by atoms with Gasteiger partial charge in [-0.05, 0) is 42.3 Å². The molecule has 0 aliphatic carbocycles. The Morgan fingerprint density at radius 1 is 1.27 bits per heavy atom. The van der Waals surface area contributed by atoms with Gasteiger partial charge in [0.1, 0.15) is 17.2 Å². The second-order valence-electron chi connectivity index (χ2n) is 7.47. The quantitative estimate of drug-likeness (QED) is 0.396. The van der Waals surface area contributed by atoms with E-state index in [2.05, 4.69) is 15.8 Å². The lowest BCUT2D eigenvalue weighted by molar-refractivity contribution is -0.790. The number of rotatable bonds is 7. The first-order valence-corrected chi connectivity index (χ1v) is 9.42. The van der Waals surface area contributed by atoms with Crippen LogP contribution in [0.5, 0.6) is 5.75 Å². The van der Waals surface area contributed by atoms with Crippen LogP contribution in [0.15, 0.2) is 39.4 Å². The molecule has 3 aromatic rings. The molecule has 0 spiro atoms. The Labute approximate surface area is 173 Å². The molecule has 1 aromatic carbocycles. The second-order valence-corrected chi connectivity index (χ2v) is 7.47. The molecule has 0 saturated carbocycles. The molecule has 160 valence electrons. The summed E-state index contributed by atoms with van der Waals surface area (Å²) in [7, 11) is 3.16. The van der Waals surface area contributed by atoms with E-state index in [1.807, 2.05) is 32.9 Å². The molecule has 1 atom stereocenters. The fraction of sp³-hybridized carbons (Fsp3) is 0.350. The third-order valence-corrected chi connectivity index (χ3v) is 4.57. The normalized spacial score (nSPS) is 12.1. The van der Waals surface area contributed by atoms with Gasteiger partial charge in [0, 0.05) is 14.1 Å². The Morgan fingerprint density at radius 3 is 2.60 bits per heavy atom. The maximum Gasteiger partial charge on any atom is 0.324 e. The maximum atomic E-state index is 12.3. The third kappa shape index (κ3) is 4.17. The van der Waals surface area contributed by atoms with Gasteiger partial charge in [0.25, 0.3) is 11.7 Å². The Morgan fingerprint density at radius 2 is 2.00 bits per heavy atom. The van der Waals surface area contributed by atoms with Crippen molar-refractivity contribution in [2.75, 3.05) is 24.7 Å². The van der Waals surface area contributed by atoms with E-state index in [9.17, 15) is 15.1 Å². The van der Waals surface area contributed by atoms with Gasteiger partial charge in [0.05, 0.1) is 11.6 Å². The van der Waals surface area contributed by atoms with Gasteiger partial charge in [-0.15, -0.1) is 0 Å². The van der Waals surface area contributed by atoms with Gasteiger partial charge in [-0.2, -0.15) is 0 Å². The molecule has 1 amide bonds. The zero-order chi connectivity index (χ0) is 22.0. The van der Waals surface area contributed by atoms with E-state index in [1.165, 1.54) is 17.0 Å². The number of phenolic OH excluding ortho intramolecular Hbond substituents is 1. The number of carbonyl (C=O) groups is 1. The number of nitrogens with one attached hydrogen (secondary N) is 2. The number of nitrogens with zero attached hydrogens (tertiary/aromatic N) is 3. The number of aryl methyl sites for hydroxylation is 1. The van der Waals surface area contributed by atoms with Crippen LogP contribution >= 0.6 is 0 Å². The van der Waals surface area contributed by atoms with Crippen LogP contribution in [0.3, 0.4) is 0 Å². The topological polar surface area (TPSA) is 131 Å². The molecular formula is C20H25N5O5. The maximum absolute atomic E-state index is 12.3. The summed E-state index contributed by atoms with van der Waals surface area (Å²) >= 11 is 0. The lowest BCUT2D eigenvalue weighted by Crippen LogP contribution is -2.27. The average molecular weight is 415 g/mol. The fourth-order valence-corrected chi connectivity index (χ4v) is 2.97. The monoisotopic (exact) mass is 415 g/mol. The Hall–Kier alpha value is -3.69. The number of amides is 1. The molecule has 2 aromatic heterocycles. The summed E-state index contributed by atoms with van der Waals surface area (Å²) in [5, 5.41) is 32.5. The van der Waals surface area contributed by atoms with E-state index in [-0.39, 0.29) is 51.4 Å². The molecule has 30 heavy (non-hydrogen) atoms. The van der Waals surface area contributed by atoms with Gasteiger partial charge in [-0.1, -0.05) is 24.8 Å². The fourth-order valence-electron chi connectivity index (χ4n) is 2.97. The smallest absolute Gasteiger partial charge is 0.324 e. The number of anilines is 3. The van der Waals surface area contributed by atoms with E-state index in [4.69, 9.17) is 9.05 Å². The first kappa shape index (κ1) is 21.0.